The van der Waals surface area contributed by atoms with Crippen LogP contribution in [0.3, 0.4) is 0 Å². The van der Waals surface area contributed by atoms with E-state index in [4.69, 9.17) is 5.11 Å². The van der Waals surface area contributed by atoms with Crippen LogP contribution in [0.15, 0.2) is 12.2 Å². The van der Waals surface area contributed by atoms with Crippen LogP contribution in [0.5, 0.6) is 0 Å². The highest BCUT2D eigenvalue weighted by atomic mass is 19.4. The van der Waals surface area contributed by atoms with Gasteiger partial charge < -0.3 is 10.0 Å². The molecular formula is C10H12F3NO3. The summed E-state index contributed by atoms with van der Waals surface area (Å²) in [6, 6.07) is -1.40. The Morgan fingerprint density at radius 1 is 1.41 bits per heavy atom. The second-order valence-electron chi connectivity index (χ2n) is 3.83. The van der Waals surface area contributed by atoms with Crippen LogP contribution in [-0.4, -0.2) is 40.6 Å². The molecule has 17 heavy (non-hydrogen) atoms. The molecule has 1 rings (SSSR count). The van der Waals surface area contributed by atoms with Crippen molar-refractivity contribution < 1.29 is 27.9 Å². The molecule has 2 atom stereocenters. The van der Waals surface area contributed by atoms with Gasteiger partial charge in [0.1, 0.15) is 6.04 Å². The highest BCUT2D eigenvalue weighted by Crippen LogP contribution is 2.29. The van der Waals surface area contributed by atoms with E-state index in [2.05, 4.69) is 0 Å². The maximum atomic E-state index is 12.2. The fourth-order valence-electron chi connectivity index (χ4n) is 1.90. The average molecular weight is 251 g/mol. The molecule has 0 saturated carbocycles. The Balaban J connectivity index is 2.89. The van der Waals surface area contributed by atoms with Crippen LogP contribution in [-0.2, 0) is 9.59 Å². The minimum absolute atomic E-state index is 0.0154. The van der Waals surface area contributed by atoms with Gasteiger partial charge in [0, 0.05) is 6.54 Å². The van der Waals surface area contributed by atoms with Crippen LogP contribution in [0, 0.1) is 5.92 Å². The Labute approximate surface area is 95.7 Å². The predicted octanol–water partition coefficient (Wildman–Crippen LogP) is 1.43. The van der Waals surface area contributed by atoms with Crippen molar-refractivity contribution in [1.29, 1.82) is 0 Å². The molecule has 96 valence electrons. The molecule has 0 radical (unpaired) electrons. The van der Waals surface area contributed by atoms with Crippen molar-refractivity contribution in [1.82, 2.24) is 4.90 Å². The number of carbonyl (C=O) groups is 2. The number of rotatable bonds is 2. The number of alkyl halides is 3. The fourth-order valence-corrected chi connectivity index (χ4v) is 1.90. The number of likely N-dealkylation sites (tertiary alicyclic amines) is 1. The molecule has 0 aromatic heterocycles. The van der Waals surface area contributed by atoms with Crippen molar-refractivity contribution in [2.75, 3.05) is 6.54 Å². The van der Waals surface area contributed by atoms with E-state index in [1.165, 1.54) is 0 Å². The van der Waals surface area contributed by atoms with Gasteiger partial charge >= 0.3 is 18.1 Å². The number of halogens is 3. The molecule has 0 bridgehead atoms. The predicted molar refractivity (Wildman–Crippen MR) is 52.1 cm³/mol. The summed E-state index contributed by atoms with van der Waals surface area (Å²) < 4.78 is 36.7. The standard InChI is InChI=1S/C10H12F3NO3/c1-2-3-6-4-7(8(15)16)14(5-6)9(17)10(11,12)13/h2-3,6-7H,4-5H2,1H3,(H,15,16)/b3-2-. The maximum absolute atomic E-state index is 12.2. The molecule has 1 amide bonds. The Hall–Kier alpha value is -1.53. The highest BCUT2D eigenvalue weighted by molar-refractivity contribution is 5.87. The molecule has 1 fully saturated rings. The number of nitrogens with zero attached hydrogens (tertiary/aromatic N) is 1. The zero-order valence-corrected chi connectivity index (χ0v) is 9.07. The molecule has 0 aromatic carbocycles. The third-order valence-electron chi connectivity index (χ3n) is 2.59. The Morgan fingerprint density at radius 3 is 2.41 bits per heavy atom. The molecule has 4 nitrogen and oxygen atoms in total. The number of hydrogen-bond donors (Lipinski definition) is 1. The van der Waals surface area contributed by atoms with Gasteiger partial charge in [-0.1, -0.05) is 12.2 Å². The minimum Gasteiger partial charge on any atom is -0.480 e. The quantitative estimate of drug-likeness (QED) is 0.755. The second-order valence-corrected chi connectivity index (χ2v) is 3.83. The highest BCUT2D eigenvalue weighted by Gasteiger charge is 2.49. The molecule has 1 aliphatic rings. The number of hydrogen-bond acceptors (Lipinski definition) is 2. The van der Waals surface area contributed by atoms with E-state index >= 15 is 0 Å². The van der Waals surface area contributed by atoms with Crippen molar-refractivity contribution in [3.8, 4) is 0 Å². The van der Waals surface area contributed by atoms with Crippen molar-refractivity contribution in [3.63, 3.8) is 0 Å². The Bertz CT molecular complexity index is 351. The van der Waals surface area contributed by atoms with Gasteiger partial charge in [-0.25, -0.2) is 4.79 Å². The molecule has 1 aliphatic heterocycles. The fraction of sp³-hybridized carbons (Fsp3) is 0.600. The largest absolute Gasteiger partial charge is 0.480 e. The zero-order valence-electron chi connectivity index (χ0n) is 9.07. The van der Waals surface area contributed by atoms with Gasteiger partial charge in [0.2, 0.25) is 0 Å². The first-order valence-corrected chi connectivity index (χ1v) is 5.00. The summed E-state index contributed by atoms with van der Waals surface area (Å²) in [5, 5.41) is 8.80. The van der Waals surface area contributed by atoms with E-state index in [1.54, 1.807) is 19.1 Å². The normalized spacial score (nSPS) is 25.5. The first-order valence-electron chi connectivity index (χ1n) is 5.00. The van der Waals surface area contributed by atoms with Gasteiger partial charge in [0.15, 0.2) is 0 Å². The lowest BCUT2D eigenvalue weighted by Crippen LogP contribution is -2.46. The summed E-state index contributed by atoms with van der Waals surface area (Å²) in [6.07, 6.45) is -1.77. The lowest BCUT2D eigenvalue weighted by molar-refractivity contribution is -0.188. The summed E-state index contributed by atoms with van der Waals surface area (Å²) in [6.45, 7) is 1.48. The van der Waals surface area contributed by atoms with E-state index < -0.39 is 24.1 Å². The minimum atomic E-state index is -5.03. The van der Waals surface area contributed by atoms with Gasteiger partial charge in [-0.3, -0.25) is 4.79 Å². The molecule has 0 spiro atoms. The van der Waals surface area contributed by atoms with Gasteiger partial charge in [-0.15, -0.1) is 0 Å². The molecule has 2 unspecified atom stereocenters. The van der Waals surface area contributed by atoms with Crippen LogP contribution in [0.25, 0.3) is 0 Å². The Kier molecular flexibility index (Phi) is 3.79. The smallest absolute Gasteiger partial charge is 0.471 e. The first-order chi connectivity index (χ1) is 7.77. The van der Waals surface area contributed by atoms with Crippen LogP contribution in [0.4, 0.5) is 13.2 Å². The van der Waals surface area contributed by atoms with Gasteiger partial charge in [0.05, 0.1) is 0 Å². The summed E-state index contributed by atoms with van der Waals surface area (Å²) in [7, 11) is 0. The average Bonchev–Trinajstić information content (AvgIpc) is 2.59. The third-order valence-corrected chi connectivity index (χ3v) is 2.59. The van der Waals surface area contributed by atoms with Crippen molar-refractivity contribution in [2.24, 2.45) is 5.92 Å². The van der Waals surface area contributed by atoms with E-state index in [9.17, 15) is 22.8 Å². The number of carbonyl (C=O) groups excluding carboxylic acids is 1. The van der Waals surface area contributed by atoms with Crippen molar-refractivity contribution in [3.05, 3.63) is 12.2 Å². The molecular weight excluding hydrogens is 239 g/mol. The number of carboxylic acids is 1. The molecule has 1 N–H and O–H groups in total. The van der Waals surface area contributed by atoms with Gasteiger partial charge in [-0.2, -0.15) is 13.2 Å². The summed E-state index contributed by atoms with van der Waals surface area (Å²) in [5.41, 5.74) is 0. The maximum Gasteiger partial charge on any atom is 0.471 e. The Morgan fingerprint density at radius 2 is 2.00 bits per heavy atom. The third kappa shape index (κ3) is 2.98. The van der Waals surface area contributed by atoms with Crippen LogP contribution in [0.1, 0.15) is 13.3 Å². The van der Waals surface area contributed by atoms with E-state index in [1.807, 2.05) is 0 Å². The molecule has 0 aromatic rings. The second kappa shape index (κ2) is 4.77. The SMILES string of the molecule is C/C=C\C1CC(C(=O)O)N(C(=O)C(F)(F)F)C1. The van der Waals surface area contributed by atoms with Gasteiger partial charge in [-0.05, 0) is 19.3 Å². The van der Waals surface area contributed by atoms with Gasteiger partial charge in [0.25, 0.3) is 0 Å². The molecule has 7 heteroatoms. The summed E-state index contributed by atoms with van der Waals surface area (Å²) in [5.74, 6) is -3.83. The lowest BCUT2D eigenvalue weighted by atomic mass is 10.1. The zero-order chi connectivity index (χ0) is 13.2. The summed E-state index contributed by atoms with van der Waals surface area (Å²) in [4.78, 5) is 22.2. The van der Waals surface area contributed by atoms with Crippen molar-refractivity contribution >= 4 is 11.9 Å². The van der Waals surface area contributed by atoms with E-state index in [-0.39, 0.29) is 18.9 Å². The van der Waals surface area contributed by atoms with Crippen LogP contribution >= 0.6 is 0 Å². The monoisotopic (exact) mass is 251 g/mol. The topological polar surface area (TPSA) is 57.6 Å². The van der Waals surface area contributed by atoms with E-state index in [0.29, 0.717) is 4.90 Å². The molecule has 0 aliphatic carbocycles. The number of aliphatic carboxylic acids is 1. The van der Waals surface area contributed by atoms with E-state index in [0.717, 1.165) is 0 Å². The number of allylic oxidation sites excluding steroid dienone is 1. The first kappa shape index (κ1) is 13.5. The van der Waals surface area contributed by atoms with Crippen LogP contribution in [0.2, 0.25) is 0 Å². The van der Waals surface area contributed by atoms with Crippen molar-refractivity contribution in [2.45, 2.75) is 25.6 Å². The van der Waals surface area contributed by atoms with Crippen LogP contribution < -0.4 is 0 Å². The number of amides is 1. The number of carboxylic acid groups (broad SMARTS) is 1. The lowest BCUT2D eigenvalue weighted by Gasteiger charge is -2.22. The molecule has 1 heterocycles. The summed E-state index contributed by atoms with van der Waals surface area (Å²) >= 11 is 0. The molecule has 1 saturated heterocycles.